The zero-order chi connectivity index (χ0) is 9.94. The van der Waals surface area contributed by atoms with E-state index in [0.717, 1.165) is 5.92 Å². The summed E-state index contributed by atoms with van der Waals surface area (Å²) in [5.41, 5.74) is 0. The van der Waals surface area contributed by atoms with Gasteiger partial charge < -0.3 is 0 Å². The van der Waals surface area contributed by atoms with Crippen LogP contribution in [0.5, 0.6) is 0 Å². The third-order valence-electron chi connectivity index (χ3n) is 2.69. The summed E-state index contributed by atoms with van der Waals surface area (Å²) in [7, 11) is 0. The van der Waals surface area contributed by atoms with Gasteiger partial charge in [-0.15, -0.1) is 0 Å². The van der Waals surface area contributed by atoms with Crippen molar-refractivity contribution in [3.05, 3.63) is 0 Å². The monoisotopic (exact) mass is 320 g/mol. The fourth-order valence-corrected chi connectivity index (χ4v) is 1.97. The molecule has 0 aromatic heterocycles. The Morgan fingerprint density at radius 1 is 0.933 bits per heavy atom. The molecule has 0 aromatic rings. The van der Waals surface area contributed by atoms with Gasteiger partial charge in [-0.2, -0.15) is 0 Å². The maximum Gasteiger partial charge on any atom is 0 e. The van der Waals surface area contributed by atoms with Gasteiger partial charge in [0.05, 0.1) is 0 Å². The van der Waals surface area contributed by atoms with E-state index in [1.807, 2.05) is 0 Å². The van der Waals surface area contributed by atoms with E-state index in [-0.39, 0.29) is 31.3 Å². The third kappa shape index (κ3) is 14.8. The summed E-state index contributed by atoms with van der Waals surface area (Å²) in [5.74, 6) is 1.11. The summed E-state index contributed by atoms with van der Waals surface area (Å²) >= 11 is 0. The summed E-state index contributed by atoms with van der Waals surface area (Å²) in [6.07, 6.45) is 13.2. The van der Waals surface area contributed by atoms with Crippen molar-refractivity contribution in [2.45, 2.75) is 86.0 Å². The van der Waals surface area contributed by atoms with Crippen molar-refractivity contribution >= 4 is 23.9 Å². The van der Waals surface area contributed by atoms with Crippen molar-refractivity contribution in [1.82, 2.24) is 0 Å². The molecule has 1 aliphatic rings. The molecule has 1 fully saturated rings. The molecule has 0 spiro atoms. The van der Waals surface area contributed by atoms with Gasteiger partial charge in [0, 0.05) is 23.9 Å². The molecule has 0 bridgehead atoms. The van der Waals surface area contributed by atoms with Crippen LogP contribution in [-0.2, 0) is 0 Å². The molecule has 1 rings (SSSR count). The minimum absolute atomic E-state index is 0. The molecule has 0 unspecified atom stereocenters. The molecule has 1 aliphatic carbocycles. The Morgan fingerprint density at radius 2 is 1.40 bits per heavy atom. The van der Waals surface area contributed by atoms with Gasteiger partial charge >= 0.3 is 0 Å². The quantitative estimate of drug-likeness (QED) is 0.609. The molecule has 0 N–H and O–H groups in total. The van der Waals surface area contributed by atoms with Crippen molar-refractivity contribution in [3.63, 3.8) is 0 Å². The molecular formula is C14H32Sn. The van der Waals surface area contributed by atoms with E-state index in [9.17, 15) is 0 Å². The fourth-order valence-electron chi connectivity index (χ4n) is 1.97. The number of unbranched alkanes of at least 4 members (excludes halogenated alkanes) is 1. The maximum atomic E-state index is 2.29. The van der Waals surface area contributed by atoms with Gasteiger partial charge in [-0.3, -0.25) is 0 Å². The Morgan fingerprint density at radius 3 is 1.80 bits per heavy atom. The van der Waals surface area contributed by atoms with Gasteiger partial charge in [-0.05, 0) is 5.92 Å². The van der Waals surface area contributed by atoms with Crippen molar-refractivity contribution < 1.29 is 0 Å². The minimum atomic E-state index is 0. The van der Waals surface area contributed by atoms with Crippen LogP contribution >= 0.6 is 0 Å². The van der Waals surface area contributed by atoms with Crippen molar-refractivity contribution in [2.24, 2.45) is 5.92 Å². The number of hydrogen-bond acceptors (Lipinski definition) is 0. The van der Waals surface area contributed by atoms with Crippen LogP contribution in [0.15, 0.2) is 0 Å². The second-order valence-electron chi connectivity index (χ2n) is 4.35. The standard InChI is InChI=1S/C10H20.C3H8.CH4.Sn/c1-2-3-7-10-8-5-4-6-9-10;1-3-2;;/h10H,2-9H2,1H3;3H2,1-2H3;1H4;. The van der Waals surface area contributed by atoms with Gasteiger partial charge in [-0.1, -0.05) is 86.0 Å². The van der Waals surface area contributed by atoms with E-state index in [4.69, 9.17) is 0 Å². The minimum Gasteiger partial charge on any atom is -0.0776 e. The second-order valence-corrected chi connectivity index (χ2v) is 4.35. The molecule has 0 heterocycles. The molecule has 4 radical (unpaired) electrons. The molecule has 0 atom stereocenters. The predicted molar refractivity (Wildman–Crippen MR) is 74.6 cm³/mol. The average Bonchev–Trinajstić information content (AvgIpc) is 2.18. The zero-order valence-corrected chi connectivity index (χ0v) is 13.3. The van der Waals surface area contributed by atoms with Crippen LogP contribution in [-0.4, -0.2) is 23.9 Å². The van der Waals surface area contributed by atoms with Crippen LogP contribution in [0.4, 0.5) is 0 Å². The first-order chi connectivity index (χ1) is 6.35. The molecule has 1 heteroatoms. The zero-order valence-electron chi connectivity index (χ0n) is 10.4. The summed E-state index contributed by atoms with van der Waals surface area (Å²) in [4.78, 5) is 0. The van der Waals surface area contributed by atoms with E-state index in [1.54, 1.807) is 0 Å². The first-order valence-corrected chi connectivity index (χ1v) is 6.35. The molecule has 0 aromatic carbocycles. The second kappa shape index (κ2) is 17.2. The Bertz CT molecular complexity index is 85.3. The molecule has 0 aliphatic heterocycles. The van der Waals surface area contributed by atoms with Gasteiger partial charge in [0.15, 0.2) is 0 Å². The van der Waals surface area contributed by atoms with Gasteiger partial charge in [0.25, 0.3) is 0 Å². The van der Waals surface area contributed by atoms with E-state index >= 15 is 0 Å². The van der Waals surface area contributed by atoms with Crippen molar-refractivity contribution in [3.8, 4) is 0 Å². The SMILES string of the molecule is C.CCC.CCCCC1CCCCC1.[Sn]. The van der Waals surface area contributed by atoms with Crippen LogP contribution in [0, 0.1) is 5.92 Å². The van der Waals surface area contributed by atoms with Crippen LogP contribution < -0.4 is 0 Å². The van der Waals surface area contributed by atoms with Gasteiger partial charge in [-0.25, -0.2) is 0 Å². The number of hydrogen-bond donors (Lipinski definition) is 0. The smallest absolute Gasteiger partial charge is 0 e. The van der Waals surface area contributed by atoms with Crippen molar-refractivity contribution in [1.29, 1.82) is 0 Å². The van der Waals surface area contributed by atoms with E-state index in [0.29, 0.717) is 0 Å². The molecular weight excluding hydrogens is 287 g/mol. The molecule has 0 amide bonds. The Kier molecular flexibility index (Phi) is 24.2. The van der Waals surface area contributed by atoms with E-state index in [1.165, 1.54) is 57.8 Å². The number of rotatable bonds is 3. The van der Waals surface area contributed by atoms with Crippen LogP contribution in [0.25, 0.3) is 0 Å². The van der Waals surface area contributed by atoms with E-state index < -0.39 is 0 Å². The third-order valence-corrected chi connectivity index (χ3v) is 2.69. The fraction of sp³-hybridized carbons (Fsp3) is 1.00. The van der Waals surface area contributed by atoms with Crippen molar-refractivity contribution in [2.75, 3.05) is 0 Å². The summed E-state index contributed by atoms with van der Waals surface area (Å²) < 4.78 is 0. The van der Waals surface area contributed by atoms with Crippen LogP contribution in [0.2, 0.25) is 0 Å². The van der Waals surface area contributed by atoms with E-state index in [2.05, 4.69) is 20.8 Å². The first-order valence-electron chi connectivity index (χ1n) is 6.35. The normalized spacial score (nSPS) is 15.4. The summed E-state index contributed by atoms with van der Waals surface area (Å²) in [5, 5.41) is 0. The Labute approximate surface area is 116 Å². The average molecular weight is 319 g/mol. The van der Waals surface area contributed by atoms with Crippen LogP contribution in [0.1, 0.15) is 86.0 Å². The largest absolute Gasteiger partial charge is 0.0776 e. The first kappa shape index (κ1) is 21.1. The molecule has 0 nitrogen and oxygen atoms in total. The van der Waals surface area contributed by atoms with Crippen LogP contribution in [0.3, 0.4) is 0 Å². The summed E-state index contributed by atoms with van der Waals surface area (Å²) in [6.45, 7) is 6.54. The maximum absolute atomic E-state index is 2.29. The molecule has 0 saturated heterocycles. The Hall–Kier alpha value is 0.799. The topological polar surface area (TPSA) is 0 Å². The summed E-state index contributed by atoms with van der Waals surface area (Å²) in [6, 6.07) is 0. The van der Waals surface area contributed by atoms with Gasteiger partial charge in [0.2, 0.25) is 0 Å². The molecule has 1 saturated carbocycles. The Balaban J connectivity index is -0.000000260. The predicted octanol–water partition coefficient (Wildman–Crippen LogP) is 5.43. The molecule has 92 valence electrons. The molecule has 15 heavy (non-hydrogen) atoms. The van der Waals surface area contributed by atoms with Gasteiger partial charge in [0.1, 0.15) is 0 Å².